The Hall–Kier alpha value is -3.28. The summed E-state index contributed by atoms with van der Waals surface area (Å²) in [5.41, 5.74) is 2.06. The first kappa shape index (κ1) is 22.4. The maximum Gasteiger partial charge on any atom is 0.258 e. The first-order chi connectivity index (χ1) is 14.9. The normalized spacial score (nSPS) is 11.2. The van der Waals surface area contributed by atoms with Gasteiger partial charge in [-0.1, -0.05) is 40.2 Å². The van der Waals surface area contributed by atoms with Crippen LogP contribution in [0, 0.1) is 17.1 Å². The monoisotopic (exact) mass is 496 g/mol. The molecule has 0 aliphatic carbocycles. The van der Waals surface area contributed by atoms with Gasteiger partial charge < -0.3 is 16.0 Å². The van der Waals surface area contributed by atoms with E-state index in [0.717, 1.165) is 10.0 Å². The van der Waals surface area contributed by atoms with Crippen molar-refractivity contribution in [3.05, 3.63) is 93.7 Å². The summed E-state index contributed by atoms with van der Waals surface area (Å²) >= 11 is 8.78. The standard InChI is InChI=1S/C23H18BrFN4OS/c1-14(15-6-8-17(24)9-7-15)27-23(31)28-18-10-11-21(16(12-18)13-26)29-22(30)19-4-2-3-5-20(19)25/h2-12,14H,1H3,(H,29,30)(H2,27,28,31). The third-order valence-electron chi connectivity index (χ3n) is 4.48. The van der Waals surface area contributed by atoms with Crippen LogP contribution in [0.15, 0.2) is 71.2 Å². The van der Waals surface area contributed by atoms with Crippen LogP contribution in [0.3, 0.4) is 0 Å². The molecule has 0 aliphatic heterocycles. The summed E-state index contributed by atoms with van der Waals surface area (Å²) < 4.78 is 14.8. The topological polar surface area (TPSA) is 76.9 Å². The highest BCUT2D eigenvalue weighted by Crippen LogP contribution is 2.22. The molecule has 156 valence electrons. The second kappa shape index (κ2) is 10.2. The van der Waals surface area contributed by atoms with Gasteiger partial charge in [-0.05, 0) is 67.2 Å². The van der Waals surface area contributed by atoms with E-state index < -0.39 is 11.7 Å². The van der Waals surface area contributed by atoms with Gasteiger partial charge in [0.25, 0.3) is 5.91 Å². The van der Waals surface area contributed by atoms with Crippen molar-refractivity contribution < 1.29 is 9.18 Å². The van der Waals surface area contributed by atoms with Crippen LogP contribution in [-0.4, -0.2) is 11.0 Å². The maximum atomic E-state index is 13.8. The number of carbonyl (C=O) groups excluding carboxylic acids is 1. The number of nitrogens with zero attached hydrogens (tertiary/aromatic N) is 1. The zero-order valence-electron chi connectivity index (χ0n) is 16.4. The molecule has 0 saturated heterocycles. The van der Waals surface area contributed by atoms with Crippen molar-refractivity contribution in [1.82, 2.24) is 5.32 Å². The number of hydrogen-bond acceptors (Lipinski definition) is 3. The van der Waals surface area contributed by atoms with E-state index in [1.165, 1.54) is 18.2 Å². The van der Waals surface area contributed by atoms with Gasteiger partial charge in [-0.2, -0.15) is 5.26 Å². The largest absolute Gasteiger partial charge is 0.356 e. The van der Waals surface area contributed by atoms with E-state index >= 15 is 0 Å². The molecule has 1 amide bonds. The lowest BCUT2D eigenvalue weighted by atomic mass is 10.1. The molecule has 0 saturated carbocycles. The Morgan fingerprint density at radius 1 is 1.10 bits per heavy atom. The molecule has 3 rings (SSSR count). The van der Waals surface area contributed by atoms with Crippen LogP contribution in [0.2, 0.25) is 0 Å². The molecule has 0 bridgehead atoms. The van der Waals surface area contributed by atoms with Crippen LogP contribution >= 0.6 is 28.1 Å². The zero-order chi connectivity index (χ0) is 22.4. The number of amides is 1. The molecule has 1 unspecified atom stereocenters. The van der Waals surface area contributed by atoms with E-state index in [-0.39, 0.29) is 22.9 Å². The molecule has 0 heterocycles. The third-order valence-corrected chi connectivity index (χ3v) is 5.23. The molecule has 0 radical (unpaired) electrons. The highest BCUT2D eigenvalue weighted by molar-refractivity contribution is 9.10. The van der Waals surface area contributed by atoms with E-state index in [1.807, 2.05) is 37.3 Å². The number of anilines is 2. The number of nitrogens with one attached hydrogen (secondary N) is 3. The first-order valence-electron chi connectivity index (χ1n) is 9.30. The summed E-state index contributed by atoms with van der Waals surface area (Å²) in [6.07, 6.45) is 0. The van der Waals surface area contributed by atoms with Gasteiger partial charge in [0.2, 0.25) is 0 Å². The van der Waals surface area contributed by atoms with Gasteiger partial charge in [0.15, 0.2) is 5.11 Å². The minimum atomic E-state index is -0.631. The Morgan fingerprint density at radius 3 is 2.48 bits per heavy atom. The molecule has 3 N–H and O–H groups in total. The average molecular weight is 497 g/mol. The quantitative estimate of drug-likeness (QED) is 0.391. The Labute approximate surface area is 193 Å². The lowest BCUT2D eigenvalue weighted by Gasteiger charge is -2.18. The van der Waals surface area contributed by atoms with E-state index in [4.69, 9.17) is 12.2 Å². The molecule has 31 heavy (non-hydrogen) atoms. The van der Waals surface area contributed by atoms with Crippen molar-refractivity contribution in [2.24, 2.45) is 0 Å². The summed E-state index contributed by atoms with van der Waals surface area (Å²) in [4.78, 5) is 12.3. The minimum absolute atomic E-state index is 0.0251. The molecule has 8 heteroatoms. The molecule has 0 aromatic heterocycles. The number of benzene rings is 3. The Bertz CT molecular complexity index is 1160. The second-order valence-corrected chi connectivity index (χ2v) is 8.00. The number of hydrogen-bond donors (Lipinski definition) is 3. The van der Waals surface area contributed by atoms with Crippen molar-refractivity contribution in [3.8, 4) is 6.07 Å². The van der Waals surface area contributed by atoms with Gasteiger partial charge in [-0.25, -0.2) is 4.39 Å². The Morgan fingerprint density at radius 2 is 1.81 bits per heavy atom. The van der Waals surface area contributed by atoms with Gasteiger partial charge in [-0.15, -0.1) is 0 Å². The van der Waals surface area contributed by atoms with E-state index in [0.29, 0.717) is 10.8 Å². The minimum Gasteiger partial charge on any atom is -0.356 e. The lowest BCUT2D eigenvalue weighted by Crippen LogP contribution is -2.30. The van der Waals surface area contributed by atoms with Crippen LogP contribution in [0.1, 0.15) is 34.5 Å². The molecule has 0 spiro atoms. The number of nitriles is 1. The molecular formula is C23H18BrFN4OS. The van der Waals surface area contributed by atoms with Crippen LogP contribution < -0.4 is 16.0 Å². The lowest BCUT2D eigenvalue weighted by molar-refractivity contribution is 0.102. The summed E-state index contributed by atoms with van der Waals surface area (Å²) in [7, 11) is 0. The van der Waals surface area contributed by atoms with Gasteiger partial charge >= 0.3 is 0 Å². The van der Waals surface area contributed by atoms with E-state index in [1.54, 1.807) is 24.3 Å². The highest BCUT2D eigenvalue weighted by atomic mass is 79.9. The van der Waals surface area contributed by atoms with Gasteiger partial charge in [0, 0.05) is 10.2 Å². The molecular weight excluding hydrogens is 479 g/mol. The summed E-state index contributed by atoms with van der Waals surface area (Å²) in [5.74, 6) is -1.26. The molecule has 0 aliphatic rings. The van der Waals surface area contributed by atoms with Crippen molar-refractivity contribution in [3.63, 3.8) is 0 Å². The molecule has 0 fully saturated rings. The van der Waals surface area contributed by atoms with Crippen molar-refractivity contribution in [1.29, 1.82) is 5.26 Å². The van der Waals surface area contributed by atoms with Crippen LogP contribution in [0.4, 0.5) is 15.8 Å². The number of halogens is 2. The predicted molar refractivity (Wildman–Crippen MR) is 127 cm³/mol. The maximum absolute atomic E-state index is 13.8. The second-order valence-electron chi connectivity index (χ2n) is 6.68. The van der Waals surface area contributed by atoms with E-state index in [2.05, 4.69) is 31.9 Å². The fourth-order valence-electron chi connectivity index (χ4n) is 2.86. The fourth-order valence-corrected chi connectivity index (χ4v) is 3.42. The van der Waals surface area contributed by atoms with Gasteiger partial charge in [0.1, 0.15) is 11.9 Å². The number of rotatable bonds is 5. The van der Waals surface area contributed by atoms with Crippen LogP contribution in [0.25, 0.3) is 0 Å². The van der Waals surface area contributed by atoms with Crippen LogP contribution in [-0.2, 0) is 0 Å². The first-order valence-corrected chi connectivity index (χ1v) is 10.5. The molecule has 3 aromatic carbocycles. The Balaban J connectivity index is 1.67. The van der Waals surface area contributed by atoms with Crippen LogP contribution in [0.5, 0.6) is 0 Å². The summed E-state index contributed by atoms with van der Waals surface area (Å²) in [6, 6.07) is 20.4. The third kappa shape index (κ3) is 5.87. The number of carbonyl (C=O) groups is 1. The summed E-state index contributed by atoms with van der Waals surface area (Å²) in [6.45, 7) is 1.99. The smallest absolute Gasteiger partial charge is 0.258 e. The average Bonchev–Trinajstić information content (AvgIpc) is 2.75. The van der Waals surface area contributed by atoms with E-state index in [9.17, 15) is 14.4 Å². The number of thiocarbonyl (C=S) groups is 1. The highest BCUT2D eigenvalue weighted by Gasteiger charge is 2.14. The predicted octanol–water partition coefficient (Wildman–Crippen LogP) is 5.76. The van der Waals surface area contributed by atoms with Gasteiger partial charge in [-0.3, -0.25) is 4.79 Å². The van der Waals surface area contributed by atoms with Crippen molar-refractivity contribution in [2.75, 3.05) is 10.6 Å². The van der Waals surface area contributed by atoms with Gasteiger partial charge in [0.05, 0.1) is 22.9 Å². The fraction of sp³-hybridized carbons (Fsp3) is 0.0870. The Kier molecular flexibility index (Phi) is 7.34. The molecule has 1 atom stereocenters. The molecule has 3 aromatic rings. The zero-order valence-corrected chi connectivity index (χ0v) is 18.9. The SMILES string of the molecule is CC(NC(=S)Nc1ccc(NC(=O)c2ccccc2F)c(C#N)c1)c1ccc(Br)cc1. The molecule has 5 nitrogen and oxygen atoms in total. The van der Waals surface area contributed by atoms with Crippen molar-refractivity contribution in [2.45, 2.75) is 13.0 Å². The summed E-state index contributed by atoms with van der Waals surface area (Å²) in [5, 5.41) is 18.7. The van der Waals surface area contributed by atoms with Crippen molar-refractivity contribution >= 4 is 50.5 Å².